The molecule has 0 saturated carbocycles. The number of nitrogens with one attached hydrogen (secondary N) is 2. The Morgan fingerprint density at radius 1 is 1.15 bits per heavy atom. The van der Waals surface area contributed by atoms with Crippen LogP contribution in [0.3, 0.4) is 0 Å². The number of hydrogen-bond acceptors (Lipinski definition) is 4. The monoisotopic (exact) mass is 379 g/mol. The Balaban J connectivity index is 1.52. The summed E-state index contributed by atoms with van der Waals surface area (Å²) in [6.45, 7) is 3.42. The number of anilines is 1. The lowest BCUT2D eigenvalue weighted by Crippen LogP contribution is -2.48. The highest BCUT2D eigenvalue weighted by Gasteiger charge is 2.39. The van der Waals surface area contributed by atoms with Crippen LogP contribution in [0.4, 0.5) is 10.5 Å². The summed E-state index contributed by atoms with van der Waals surface area (Å²) in [5.41, 5.74) is 0.774. The van der Waals surface area contributed by atoms with Gasteiger partial charge in [-0.1, -0.05) is 12.1 Å². The second-order valence-corrected chi connectivity index (χ2v) is 9.63. The first-order valence-electron chi connectivity index (χ1n) is 8.91. The van der Waals surface area contributed by atoms with Crippen molar-refractivity contribution in [2.75, 3.05) is 29.9 Å². The summed E-state index contributed by atoms with van der Waals surface area (Å²) in [5, 5.41) is 5.47. The number of carbonyl (C=O) groups excluding carboxylic acids is 2. The van der Waals surface area contributed by atoms with E-state index in [1.54, 1.807) is 19.1 Å². The van der Waals surface area contributed by atoms with E-state index in [1.165, 1.54) is 0 Å². The summed E-state index contributed by atoms with van der Waals surface area (Å²) in [4.78, 5) is 26.2. The summed E-state index contributed by atoms with van der Waals surface area (Å²) >= 11 is 0. The topological polar surface area (TPSA) is 95.6 Å². The smallest absolute Gasteiger partial charge is 0.319 e. The minimum atomic E-state index is -3.08. The summed E-state index contributed by atoms with van der Waals surface area (Å²) < 4.78 is 23.2. The summed E-state index contributed by atoms with van der Waals surface area (Å²) in [6.07, 6.45) is 2.93. The summed E-state index contributed by atoms with van der Waals surface area (Å²) in [7, 11) is -3.08. The Labute approximate surface area is 154 Å². The number of likely N-dealkylation sites (tertiary alicyclic amines) is 1. The zero-order chi connectivity index (χ0) is 18.8. The van der Waals surface area contributed by atoms with Crippen molar-refractivity contribution in [1.82, 2.24) is 10.2 Å². The maximum Gasteiger partial charge on any atom is 0.319 e. The minimum Gasteiger partial charge on any atom is -0.342 e. The number of nitrogens with zero attached hydrogens (tertiary/aromatic N) is 1. The van der Waals surface area contributed by atoms with Crippen molar-refractivity contribution in [2.24, 2.45) is 0 Å². The van der Waals surface area contributed by atoms with Gasteiger partial charge in [-0.2, -0.15) is 0 Å². The fourth-order valence-corrected chi connectivity index (χ4v) is 5.60. The van der Waals surface area contributed by atoms with Gasteiger partial charge in [0.05, 0.1) is 23.5 Å². The zero-order valence-electron chi connectivity index (χ0n) is 15.0. The van der Waals surface area contributed by atoms with Crippen molar-refractivity contribution in [3.63, 3.8) is 0 Å². The van der Waals surface area contributed by atoms with Crippen LogP contribution in [0.5, 0.6) is 0 Å². The molecule has 2 aliphatic heterocycles. The lowest BCUT2D eigenvalue weighted by atomic mass is 10.0. The molecule has 3 rings (SSSR count). The van der Waals surface area contributed by atoms with Crippen LogP contribution < -0.4 is 10.6 Å². The third-order valence-electron chi connectivity index (χ3n) is 4.94. The molecule has 2 fully saturated rings. The molecule has 1 aromatic carbocycles. The van der Waals surface area contributed by atoms with E-state index >= 15 is 0 Å². The number of hydrogen-bond donors (Lipinski definition) is 2. The van der Waals surface area contributed by atoms with Crippen molar-refractivity contribution in [3.8, 4) is 0 Å². The van der Waals surface area contributed by atoms with Gasteiger partial charge in [0.1, 0.15) is 0 Å². The third kappa shape index (κ3) is 4.75. The first kappa shape index (κ1) is 18.7. The van der Waals surface area contributed by atoms with Crippen molar-refractivity contribution in [2.45, 2.75) is 38.1 Å². The molecule has 8 heteroatoms. The van der Waals surface area contributed by atoms with Crippen LogP contribution in [0.1, 0.15) is 31.7 Å². The molecule has 142 valence electrons. The average molecular weight is 379 g/mol. The number of amides is 3. The van der Waals surface area contributed by atoms with E-state index in [0.29, 0.717) is 18.5 Å². The molecule has 1 aromatic rings. The molecule has 0 aromatic heterocycles. The van der Waals surface area contributed by atoms with Crippen molar-refractivity contribution >= 4 is 27.5 Å². The third-order valence-corrected chi connectivity index (χ3v) is 6.85. The molecule has 26 heavy (non-hydrogen) atoms. The number of sulfone groups is 1. The van der Waals surface area contributed by atoms with E-state index in [4.69, 9.17) is 0 Å². The summed E-state index contributed by atoms with van der Waals surface area (Å²) in [5.74, 6) is 0.199. The van der Waals surface area contributed by atoms with Gasteiger partial charge in [0.2, 0.25) is 5.91 Å². The molecule has 1 atom stereocenters. The molecule has 7 nitrogen and oxygen atoms in total. The molecular weight excluding hydrogens is 354 g/mol. The highest BCUT2D eigenvalue weighted by Crippen LogP contribution is 2.23. The van der Waals surface area contributed by atoms with Crippen molar-refractivity contribution in [3.05, 3.63) is 29.8 Å². The molecular formula is C18H25N3O4S. The molecule has 2 saturated heterocycles. The molecule has 2 aliphatic rings. The lowest BCUT2D eigenvalue weighted by Gasteiger charge is -2.24. The second-order valence-electron chi connectivity index (χ2n) is 7.44. The van der Waals surface area contributed by atoms with E-state index < -0.39 is 21.4 Å². The summed E-state index contributed by atoms with van der Waals surface area (Å²) in [6, 6.07) is 6.72. The fraction of sp³-hybridized carbons (Fsp3) is 0.556. The van der Waals surface area contributed by atoms with Gasteiger partial charge < -0.3 is 15.5 Å². The molecule has 0 spiro atoms. The molecule has 0 bridgehead atoms. The zero-order valence-corrected chi connectivity index (χ0v) is 15.8. The molecule has 0 unspecified atom stereocenters. The van der Waals surface area contributed by atoms with Gasteiger partial charge in [0.15, 0.2) is 9.84 Å². The SMILES string of the molecule is C[C@@]1(NC(=O)Nc2ccc(CC(=O)N3CCCC3)cc2)CCS(=O)(=O)C1. The normalized spacial score (nSPS) is 24.4. The van der Waals surface area contributed by atoms with Gasteiger partial charge in [-0.05, 0) is 43.9 Å². The van der Waals surface area contributed by atoms with Gasteiger partial charge in [0, 0.05) is 18.8 Å². The van der Waals surface area contributed by atoms with E-state index in [0.717, 1.165) is 31.5 Å². The Hall–Kier alpha value is -2.09. The highest BCUT2D eigenvalue weighted by atomic mass is 32.2. The minimum absolute atomic E-state index is 0.0367. The van der Waals surface area contributed by atoms with Gasteiger partial charge in [-0.15, -0.1) is 0 Å². The highest BCUT2D eigenvalue weighted by molar-refractivity contribution is 7.91. The van der Waals surface area contributed by atoms with E-state index in [2.05, 4.69) is 10.6 Å². The van der Waals surface area contributed by atoms with Crippen molar-refractivity contribution < 1.29 is 18.0 Å². The predicted molar refractivity (Wildman–Crippen MR) is 99.8 cm³/mol. The van der Waals surface area contributed by atoms with Crippen LogP contribution in [-0.2, 0) is 21.1 Å². The number of benzene rings is 1. The largest absolute Gasteiger partial charge is 0.342 e. The van der Waals surface area contributed by atoms with Crippen LogP contribution >= 0.6 is 0 Å². The Morgan fingerprint density at radius 3 is 2.38 bits per heavy atom. The van der Waals surface area contributed by atoms with Crippen LogP contribution in [0.15, 0.2) is 24.3 Å². The second kappa shape index (κ2) is 7.26. The fourth-order valence-electron chi connectivity index (χ4n) is 3.50. The number of urea groups is 1. The first-order chi connectivity index (χ1) is 12.2. The molecule has 2 heterocycles. The quantitative estimate of drug-likeness (QED) is 0.830. The maximum absolute atomic E-state index is 12.2. The lowest BCUT2D eigenvalue weighted by molar-refractivity contribution is -0.129. The Morgan fingerprint density at radius 2 is 1.81 bits per heavy atom. The van der Waals surface area contributed by atoms with Crippen LogP contribution in [0.25, 0.3) is 0 Å². The van der Waals surface area contributed by atoms with Crippen LogP contribution in [0, 0.1) is 0 Å². The first-order valence-corrected chi connectivity index (χ1v) is 10.7. The van der Waals surface area contributed by atoms with Gasteiger partial charge in [-0.25, -0.2) is 13.2 Å². The standard InChI is InChI=1S/C18H25N3O4S/c1-18(8-11-26(24,25)13-18)20-17(23)19-15-6-4-14(5-7-15)12-16(22)21-9-2-3-10-21/h4-7H,2-3,8-13H2,1H3,(H2,19,20,23)/t18-/m1/s1. The predicted octanol–water partition coefficient (Wildman–Crippen LogP) is 1.55. The van der Waals surface area contributed by atoms with Crippen molar-refractivity contribution in [1.29, 1.82) is 0 Å². The number of carbonyl (C=O) groups is 2. The maximum atomic E-state index is 12.2. The Kier molecular flexibility index (Phi) is 5.22. The van der Waals surface area contributed by atoms with Gasteiger partial charge in [0.25, 0.3) is 0 Å². The molecule has 0 radical (unpaired) electrons. The van der Waals surface area contributed by atoms with Gasteiger partial charge >= 0.3 is 6.03 Å². The van der Waals surface area contributed by atoms with E-state index in [-0.39, 0.29) is 17.4 Å². The molecule has 2 N–H and O–H groups in total. The van der Waals surface area contributed by atoms with E-state index in [1.807, 2.05) is 17.0 Å². The van der Waals surface area contributed by atoms with E-state index in [9.17, 15) is 18.0 Å². The Bertz CT molecular complexity index is 785. The number of rotatable bonds is 4. The average Bonchev–Trinajstić information content (AvgIpc) is 3.17. The van der Waals surface area contributed by atoms with Crippen LogP contribution in [0.2, 0.25) is 0 Å². The molecule has 3 amide bonds. The van der Waals surface area contributed by atoms with Crippen LogP contribution in [-0.4, -0.2) is 55.4 Å². The van der Waals surface area contributed by atoms with Gasteiger partial charge in [-0.3, -0.25) is 4.79 Å². The molecule has 0 aliphatic carbocycles.